The first-order chi connectivity index (χ1) is 11.7. The standard InChI is InChI=1S/C18H22FN3O2S/c1-11-5-6-14(13(19)9-11)20-16-15(10-12(2)17(23)22(16)4)21-25(24)18(3)7-8-18/h5-6,9-10,20-21H,7-8H2,1-4H3. The average Bonchev–Trinajstić information content (AvgIpc) is 3.30. The van der Waals surface area contributed by atoms with E-state index >= 15 is 0 Å². The summed E-state index contributed by atoms with van der Waals surface area (Å²) in [4.78, 5) is 12.3. The van der Waals surface area contributed by atoms with Gasteiger partial charge in [-0.3, -0.25) is 9.36 Å². The summed E-state index contributed by atoms with van der Waals surface area (Å²) in [5.74, 6) is -0.0230. The zero-order chi connectivity index (χ0) is 18.4. The van der Waals surface area contributed by atoms with E-state index in [9.17, 15) is 13.4 Å². The molecule has 134 valence electrons. The van der Waals surface area contributed by atoms with Crippen LogP contribution in [0.3, 0.4) is 0 Å². The minimum Gasteiger partial charge on any atom is -0.337 e. The molecule has 1 unspecified atom stereocenters. The molecular weight excluding hydrogens is 341 g/mol. The largest absolute Gasteiger partial charge is 0.337 e. The Hall–Kier alpha value is -2.15. The van der Waals surface area contributed by atoms with Crippen LogP contribution in [0.1, 0.15) is 30.9 Å². The van der Waals surface area contributed by atoms with Crippen molar-refractivity contribution >= 4 is 28.2 Å². The Balaban J connectivity index is 2.02. The van der Waals surface area contributed by atoms with E-state index in [-0.39, 0.29) is 16.0 Å². The number of halogens is 1. The van der Waals surface area contributed by atoms with E-state index in [1.807, 2.05) is 6.92 Å². The monoisotopic (exact) mass is 363 g/mol. The first-order valence-electron chi connectivity index (χ1n) is 8.13. The zero-order valence-electron chi connectivity index (χ0n) is 14.8. The predicted octanol–water partition coefficient (Wildman–Crippen LogP) is 3.51. The van der Waals surface area contributed by atoms with Crippen LogP contribution in [0.4, 0.5) is 21.6 Å². The molecule has 3 rings (SSSR count). The van der Waals surface area contributed by atoms with Crippen LogP contribution in [0.2, 0.25) is 0 Å². The van der Waals surface area contributed by atoms with Crippen molar-refractivity contribution in [3.8, 4) is 0 Å². The van der Waals surface area contributed by atoms with Gasteiger partial charge in [-0.05, 0) is 57.4 Å². The normalized spacial score (nSPS) is 16.4. The summed E-state index contributed by atoms with van der Waals surface area (Å²) >= 11 is 0. The third-order valence-corrected chi connectivity index (χ3v) is 6.28. The molecule has 0 radical (unpaired) electrons. The van der Waals surface area contributed by atoms with Crippen molar-refractivity contribution in [2.45, 2.75) is 38.4 Å². The van der Waals surface area contributed by atoms with E-state index in [2.05, 4.69) is 10.0 Å². The Morgan fingerprint density at radius 2 is 1.88 bits per heavy atom. The van der Waals surface area contributed by atoms with E-state index in [4.69, 9.17) is 0 Å². The average molecular weight is 363 g/mol. The van der Waals surface area contributed by atoms with Crippen molar-refractivity contribution < 1.29 is 8.60 Å². The molecule has 0 amide bonds. The van der Waals surface area contributed by atoms with Crippen LogP contribution in [-0.2, 0) is 18.0 Å². The molecule has 1 atom stereocenters. The summed E-state index contributed by atoms with van der Waals surface area (Å²) in [6, 6.07) is 6.48. The van der Waals surface area contributed by atoms with Gasteiger partial charge in [0, 0.05) is 12.6 Å². The summed E-state index contributed by atoms with van der Waals surface area (Å²) in [5.41, 5.74) is 1.92. The fraction of sp³-hybridized carbons (Fsp3) is 0.389. The van der Waals surface area contributed by atoms with Gasteiger partial charge in [0.15, 0.2) is 0 Å². The van der Waals surface area contributed by atoms with Crippen molar-refractivity contribution in [2.75, 3.05) is 10.0 Å². The SMILES string of the molecule is Cc1ccc(Nc2c(NS(=O)C3(C)CC3)cc(C)c(=O)n2C)c(F)c1. The van der Waals surface area contributed by atoms with Gasteiger partial charge in [-0.2, -0.15) is 0 Å². The van der Waals surface area contributed by atoms with Gasteiger partial charge in [-0.15, -0.1) is 0 Å². The predicted molar refractivity (Wildman–Crippen MR) is 100 cm³/mol. The molecule has 1 fully saturated rings. The van der Waals surface area contributed by atoms with Crippen molar-refractivity contribution in [1.82, 2.24) is 4.57 Å². The number of pyridine rings is 1. The second-order valence-corrected chi connectivity index (χ2v) is 8.61. The van der Waals surface area contributed by atoms with Gasteiger partial charge in [0.25, 0.3) is 5.56 Å². The first kappa shape index (κ1) is 17.7. The summed E-state index contributed by atoms with van der Waals surface area (Å²) in [6.07, 6.45) is 1.79. The van der Waals surface area contributed by atoms with E-state index in [0.29, 0.717) is 17.1 Å². The number of nitrogens with zero attached hydrogens (tertiary/aromatic N) is 1. The maximum atomic E-state index is 14.2. The second-order valence-electron chi connectivity index (χ2n) is 6.88. The molecule has 1 saturated carbocycles. The number of hydrogen-bond donors (Lipinski definition) is 2. The van der Waals surface area contributed by atoms with Gasteiger partial charge in [0.05, 0.1) is 16.1 Å². The fourth-order valence-electron chi connectivity index (χ4n) is 2.56. The summed E-state index contributed by atoms with van der Waals surface area (Å²) in [6.45, 7) is 5.46. The quantitative estimate of drug-likeness (QED) is 0.854. The lowest BCUT2D eigenvalue weighted by Gasteiger charge is -2.19. The molecule has 0 saturated heterocycles. The Morgan fingerprint density at radius 1 is 1.20 bits per heavy atom. The maximum Gasteiger partial charge on any atom is 0.254 e. The van der Waals surface area contributed by atoms with E-state index in [1.165, 1.54) is 10.6 Å². The second kappa shape index (κ2) is 6.29. The van der Waals surface area contributed by atoms with E-state index in [1.54, 1.807) is 39.1 Å². The number of aromatic nitrogens is 1. The van der Waals surface area contributed by atoms with Crippen LogP contribution in [0, 0.1) is 19.7 Å². The van der Waals surface area contributed by atoms with Gasteiger partial charge < -0.3 is 10.0 Å². The molecule has 25 heavy (non-hydrogen) atoms. The van der Waals surface area contributed by atoms with Gasteiger partial charge in [-0.1, -0.05) is 6.07 Å². The molecule has 1 aromatic heterocycles. The highest BCUT2D eigenvalue weighted by Gasteiger charge is 2.44. The molecule has 5 nitrogen and oxygen atoms in total. The topological polar surface area (TPSA) is 63.1 Å². The number of aryl methyl sites for hydroxylation is 2. The molecule has 2 N–H and O–H groups in total. The van der Waals surface area contributed by atoms with Crippen molar-refractivity contribution in [3.63, 3.8) is 0 Å². The van der Waals surface area contributed by atoms with Gasteiger partial charge in [0.2, 0.25) is 0 Å². The Labute approximate surface area is 148 Å². The smallest absolute Gasteiger partial charge is 0.254 e. The molecular formula is C18H22FN3O2S. The van der Waals surface area contributed by atoms with Crippen LogP contribution < -0.4 is 15.6 Å². The highest BCUT2D eigenvalue weighted by atomic mass is 32.2. The number of rotatable bonds is 5. The lowest BCUT2D eigenvalue weighted by atomic mass is 10.2. The van der Waals surface area contributed by atoms with E-state index in [0.717, 1.165) is 18.4 Å². The molecule has 1 heterocycles. The van der Waals surface area contributed by atoms with Crippen LogP contribution in [0.5, 0.6) is 0 Å². The third-order valence-electron chi connectivity index (χ3n) is 4.58. The minimum absolute atomic E-state index is 0.191. The first-order valence-corrected chi connectivity index (χ1v) is 9.28. The maximum absolute atomic E-state index is 14.2. The molecule has 0 spiro atoms. The number of anilines is 3. The molecule has 1 aliphatic carbocycles. The van der Waals surface area contributed by atoms with Crippen molar-refractivity contribution in [2.24, 2.45) is 7.05 Å². The summed E-state index contributed by atoms with van der Waals surface area (Å²) < 4.78 is 30.9. The summed E-state index contributed by atoms with van der Waals surface area (Å²) in [7, 11) is 0.331. The van der Waals surface area contributed by atoms with Gasteiger partial charge in [-0.25, -0.2) is 8.60 Å². The molecule has 1 aliphatic rings. The molecule has 2 aromatic rings. The minimum atomic E-state index is -1.28. The molecule has 1 aromatic carbocycles. The van der Waals surface area contributed by atoms with Crippen molar-refractivity contribution in [3.05, 3.63) is 51.6 Å². The summed E-state index contributed by atoms with van der Waals surface area (Å²) in [5, 5.41) is 2.97. The Kier molecular flexibility index (Phi) is 4.45. The number of nitrogens with one attached hydrogen (secondary N) is 2. The lowest BCUT2D eigenvalue weighted by Crippen LogP contribution is -2.26. The van der Waals surface area contributed by atoms with Crippen molar-refractivity contribution in [1.29, 1.82) is 0 Å². The van der Waals surface area contributed by atoms with Crippen LogP contribution >= 0.6 is 0 Å². The number of benzene rings is 1. The van der Waals surface area contributed by atoms with E-state index < -0.39 is 16.8 Å². The number of hydrogen-bond acceptors (Lipinski definition) is 3. The van der Waals surface area contributed by atoms with Gasteiger partial charge in [0.1, 0.15) is 22.6 Å². The van der Waals surface area contributed by atoms with Crippen LogP contribution in [-0.4, -0.2) is 13.5 Å². The zero-order valence-corrected chi connectivity index (χ0v) is 15.6. The lowest BCUT2D eigenvalue weighted by molar-refractivity contribution is 0.630. The Morgan fingerprint density at radius 3 is 2.48 bits per heavy atom. The molecule has 0 aliphatic heterocycles. The van der Waals surface area contributed by atoms with Crippen LogP contribution in [0.15, 0.2) is 29.1 Å². The Bertz CT molecular complexity index is 919. The molecule has 0 bridgehead atoms. The molecule has 7 heteroatoms. The third kappa shape index (κ3) is 3.46. The fourth-order valence-corrected chi connectivity index (χ4v) is 3.63. The highest BCUT2D eigenvalue weighted by Crippen LogP contribution is 2.41. The van der Waals surface area contributed by atoms with Gasteiger partial charge >= 0.3 is 0 Å². The van der Waals surface area contributed by atoms with Crippen LogP contribution in [0.25, 0.3) is 0 Å². The highest BCUT2D eigenvalue weighted by molar-refractivity contribution is 7.88.